The standard InChI is InChI=1S/C15H20N2O/c1-11-6-5-9-14-16-10-13(15(18)17(11)14)12-7-3-2-4-8-12/h2-4,7-8,11,13-14,16H,5-6,9-10H2,1H3/t11-,13-,14+/m0/s1. The fourth-order valence-corrected chi connectivity index (χ4v) is 3.23. The maximum atomic E-state index is 12.7. The van der Waals surface area contributed by atoms with Crippen molar-refractivity contribution in [2.45, 2.75) is 44.3 Å². The van der Waals surface area contributed by atoms with Gasteiger partial charge >= 0.3 is 0 Å². The van der Waals surface area contributed by atoms with Crippen molar-refractivity contribution < 1.29 is 4.79 Å². The van der Waals surface area contributed by atoms with Crippen LogP contribution in [0, 0.1) is 0 Å². The van der Waals surface area contributed by atoms with E-state index in [2.05, 4.69) is 29.3 Å². The van der Waals surface area contributed by atoms with Crippen molar-refractivity contribution in [3.8, 4) is 0 Å². The van der Waals surface area contributed by atoms with E-state index in [1.807, 2.05) is 18.2 Å². The average Bonchev–Trinajstić information content (AvgIpc) is 2.40. The molecule has 0 aliphatic carbocycles. The predicted molar refractivity (Wildman–Crippen MR) is 71.1 cm³/mol. The van der Waals surface area contributed by atoms with Gasteiger partial charge in [0.25, 0.3) is 0 Å². The van der Waals surface area contributed by atoms with Crippen LogP contribution >= 0.6 is 0 Å². The molecule has 1 aromatic carbocycles. The van der Waals surface area contributed by atoms with Gasteiger partial charge in [-0.15, -0.1) is 0 Å². The molecule has 18 heavy (non-hydrogen) atoms. The Morgan fingerprint density at radius 1 is 1.22 bits per heavy atom. The minimum atomic E-state index is -0.0111. The van der Waals surface area contributed by atoms with Crippen LogP contribution in [0.5, 0.6) is 0 Å². The van der Waals surface area contributed by atoms with Crippen molar-refractivity contribution in [3.05, 3.63) is 35.9 Å². The van der Waals surface area contributed by atoms with E-state index in [-0.39, 0.29) is 12.1 Å². The summed E-state index contributed by atoms with van der Waals surface area (Å²) in [7, 11) is 0. The van der Waals surface area contributed by atoms with Gasteiger partial charge in [-0.3, -0.25) is 10.1 Å². The third-order valence-electron chi connectivity index (χ3n) is 4.22. The van der Waals surface area contributed by atoms with Crippen LogP contribution in [-0.2, 0) is 4.79 Å². The zero-order valence-corrected chi connectivity index (χ0v) is 10.8. The van der Waals surface area contributed by atoms with E-state index in [1.54, 1.807) is 0 Å². The number of fused-ring (bicyclic) bond motifs is 1. The van der Waals surface area contributed by atoms with Gasteiger partial charge in [0.15, 0.2) is 0 Å². The molecule has 1 aromatic rings. The normalized spacial score (nSPS) is 32.2. The molecule has 0 radical (unpaired) electrons. The number of benzene rings is 1. The summed E-state index contributed by atoms with van der Waals surface area (Å²) in [6.45, 7) is 2.94. The predicted octanol–water partition coefficient (Wildman–Crippen LogP) is 2.10. The Hall–Kier alpha value is -1.35. The molecule has 3 atom stereocenters. The van der Waals surface area contributed by atoms with Gasteiger partial charge in [0.1, 0.15) is 0 Å². The molecular weight excluding hydrogens is 224 g/mol. The Morgan fingerprint density at radius 2 is 2.00 bits per heavy atom. The highest BCUT2D eigenvalue weighted by Crippen LogP contribution is 2.30. The summed E-state index contributed by atoms with van der Waals surface area (Å²) in [6.07, 6.45) is 3.71. The Balaban J connectivity index is 1.85. The van der Waals surface area contributed by atoms with Crippen LogP contribution in [0.1, 0.15) is 37.7 Å². The maximum absolute atomic E-state index is 12.7. The van der Waals surface area contributed by atoms with Gasteiger partial charge in [-0.2, -0.15) is 0 Å². The first kappa shape index (κ1) is 11.7. The molecule has 0 bridgehead atoms. The summed E-state index contributed by atoms with van der Waals surface area (Å²) < 4.78 is 0. The van der Waals surface area contributed by atoms with E-state index in [9.17, 15) is 4.79 Å². The van der Waals surface area contributed by atoms with Crippen LogP contribution < -0.4 is 5.32 Å². The second-order valence-corrected chi connectivity index (χ2v) is 5.41. The van der Waals surface area contributed by atoms with Gasteiger partial charge in [0, 0.05) is 12.6 Å². The number of hydrogen-bond acceptors (Lipinski definition) is 2. The topological polar surface area (TPSA) is 32.3 Å². The van der Waals surface area contributed by atoms with Gasteiger partial charge in [0.05, 0.1) is 12.1 Å². The zero-order valence-electron chi connectivity index (χ0n) is 10.8. The highest BCUT2D eigenvalue weighted by atomic mass is 16.2. The lowest BCUT2D eigenvalue weighted by molar-refractivity contribution is -0.144. The van der Waals surface area contributed by atoms with Crippen molar-refractivity contribution in [3.63, 3.8) is 0 Å². The minimum absolute atomic E-state index is 0.0111. The van der Waals surface area contributed by atoms with E-state index >= 15 is 0 Å². The van der Waals surface area contributed by atoms with Gasteiger partial charge in [-0.1, -0.05) is 30.3 Å². The number of carbonyl (C=O) groups excluding carboxylic acids is 1. The number of hydrogen-bond donors (Lipinski definition) is 1. The average molecular weight is 244 g/mol. The molecule has 2 heterocycles. The molecule has 3 rings (SSSR count). The monoisotopic (exact) mass is 244 g/mol. The second kappa shape index (κ2) is 4.73. The fourth-order valence-electron chi connectivity index (χ4n) is 3.23. The molecule has 1 N–H and O–H groups in total. The first-order chi connectivity index (χ1) is 8.77. The third kappa shape index (κ3) is 1.93. The largest absolute Gasteiger partial charge is 0.324 e. The van der Waals surface area contributed by atoms with Crippen LogP contribution in [0.15, 0.2) is 30.3 Å². The lowest BCUT2D eigenvalue weighted by Gasteiger charge is -2.46. The molecule has 0 spiro atoms. The molecule has 2 aliphatic heterocycles. The number of piperidine rings is 1. The molecule has 0 saturated carbocycles. The molecule has 2 saturated heterocycles. The molecule has 2 aliphatic rings. The summed E-state index contributed by atoms with van der Waals surface area (Å²) >= 11 is 0. The Labute approximate surface area is 108 Å². The van der Waals surface area contributed by atoms with Crippen molar-refractivity contribution in [1.29, 1.82) is 0 Å². The van der Waals surface area contributed by atoms with Gasteiger partial charge in [-0.05, 0) is 31.7 Å². The van der Waals surface area contributed by atoms with Crippen molar-refractivity contribution in [1.82, 2.24) is 10.2 Å². The number of amides is 1. The van der Waals surface area contributed by atoms with Crippen molar-refractivity contribution in [2.75, 3.05) is 6.54 Å². The lowest BCUT2D eigenvalue weighted by atomic mass is 9.90. The quantitative estimate of drug-likeness (QED) is 0.820. The Kier molecular flexibility index (Phi) is 3.08. The minimum Gasteiger partial charge on any atom is -0.324 e. The molecular formula is C15H20N2O. The van der Waals surface area contributed by atoms with Crippen LogP contribution in [0.2, 0.25) is 0 Å². The van der Waals surface area contributed by atoms with Crippen LogP contribution in [0.3, 0.4) is 0 Å². The third-order valence-corrected chi connectivity index (χ3v) is 4.22. The fraction of sp³-hybridized carbons (Fsp3) is 0.533. The first-order valence-electron chi connectivity index (χ1n) is 6.88. The van der Waals surface area contributed by atoms with Crippen molar-refractivity contribution >= 4 is 5.91 Å². The van der Waals surface area contributed by atoms with E-state index < -0.39 is 0 Å². The SMILES string of the molecule is C[C@H]1CCC[C@@H]2NC[C@@H](c3ccccc3)C(=O)N21. The first-order valence-corrected chi connectivity index (χ1v) is 6.88. The smallest absolute Gasteiger partial charge is 0.232 e. The molecule has 3 heteroatoms. The summed E-state index contributed by atoms with van der Waals surface area (Å²) in [4.78, 5) is 14.7. The second-order valence-electron chi connectivity index (χ2n) is 5.41. The van der Waals surface area contributed by atoms with Crippen LogP contribution in [-0.4, -0.2) is 29.6 Å². The zero-order chi connectivity index (χ0) is 12.5. The highest BCUT2D eigenvalue weighted by Gasteiger charge is 2.39. The summed E-state index contributed by atoms with van der Waals surface area (Å²) in [5.74, 6) is 0.292. The molecule has 1 amide bonds. The summed E-state index contributed by atoms with van der Waals surface area (Å²) in [6, 6.07) is 10.5. The van der Waals surface area contributed by atoms with E-state index in [4.69, 9.17) is 0 Å². The molecule has 0 unspecified atom stereocenters. The number of nitrogens with one attached hydrogen (secondary N) is 1. The summed E-state index contributed by atoms with van der Waals surface area (Å²) in [5, 5.41) is 3.54. The van der Waals surface area contributed by atoms with Gasteiger partial charge in [0.2, 0.25) is 5.91 Å². The number of rotatable bonds is 1. The molecule has 0 aromatic heterocycles. The number of carbonyl (C=O) groups is 1. The van der Waals surface area contributed by atoms with E-state index in [0.717, 1.165) is 24.9 Å². The summed E-state index contributed by atoms with van der Waals surface area (Å²) in [5.41, 5.74) is 1.13. The Bertz CT molecular complexity index is 431. The molecule has 2 fully saturated rings. The van der Waals surface area contributed by atoms with Gasteiger partial charge in [-0.25, -0.2) is 0 Å². The van der Waals surface area contributed by atoms with Crippen LogP contribution in [0.4, 0.5) is 0 Å². The van der Waals surface area contributed by atoms with Crippen molar-refractivity contribution in [2.24, 2.45) is 0 Å². The van der Waals surface area contributed by atoms with E-state index in [0.29, 0.717) is 11.9 Å². The Morgan fingerprint density at radius 3 is 2.78 bits per heavy atom. The maximum Gasteiger partial charge on any atom is 0.232 e. The highest BCUT2D eigenvalue weighted by molar-refractivity contribution is 5.85. The molecule has 96 valence electrons. The van der Waals surface area contributed by atoms with Crippen LogP contribution in [0.25, 0.3) is 0 Å². The molecule has 3 nitrogen and oxygen atoms in total. The lowest BCUT2D eigenvalue weighted by Crippen LogP contribution is -2.61. The number of nitrogens with zero attached hydrogens (tertiary/aromatic N) is 1. The van der Waals surface area contributed by atoms with E-state index in [1.165, 1.54) is 6.42 Å². The van der Waals surface area contributed by atoms with Gasteiger partial charge < -0.3 is 4.90 Å².